The molecule has 62 valence electrons. The van der Waals surface area contributed by atoms with Crippen LogP contribution in [0.2, 0.25) is 0 Å². The molecule has 2 heterocycles. The highest BCUT2D eigenvalue weighted by molar-refractivity contribution is 7.80. The zero-order valence-corrected chi connectivity index (χ0v) is 7.70. The molecule has 12 heavy (non-hydrogen) atoms. The van der Waals surface area contributed by atoms with Gasteiger partial charge in [0.2, 0.25) is 0 Å². The van der Waals surface area contributed by atoms with Crippen molar-refractivity contribution in [2.45, 2.75) is 12.2 Å². The molecule has 3 heteroatoms. The zero-order chi connectivity index (χ0) is 8.55. The summed E-state index contributed by atoms with van der Waals surface area (Å²) >= 11 is 4.32. The Bertz CT molecular complexity index is 359. The van der Waals surface area contributed by atoms with E-state index in [0.29, 0.717) is 0 Å². The van der Waals surface area contributed by atoms with Gasteiger partial charge in [-0.25, -0.2) is 4.52 Å². The van der Waals surface area contributed by atoms with E-state index in [1.54, 1.807) is 0 Å². The lowest BCUT2D eigenvalue weighted by Gasteiger charge is -1.94. The third kappa shape index (κ3) is 1.20. The molecule has 0 aliphatic heterocycles. The summed E-state index contributed by atoms with van der Waals surface area (Å²) in [5, 5.41) is 4.55. The summed E-state index contributed by atoms with van der Waals surface area (Å²) in [4.78, 5) is 0. The van der Waals surface area contributed by atoms with Crippen LogP contribution >= 0.6 is 12.6 Å². The Labute approximate surface area is 76.6 Å². The van der Waals surface area contributed by atoms with Crippen molar-refractivity contribution >= 4 is 18.1 Å². The molecule has 0 spiro atoms. The lowest BCUT2D eigenvalue weighted by molar-refractivity contribution is 0.891. The molecule has 0 aromatic carbocycles. The molecule has 0 radical (unpaired) electrons. The van der Waals surface area contributed by atoms with Gasteiger partial charge >= 0.3 is 0 Å². The van der Waals surface area contributed by atoms with Gasteiger partial charge in [0.25, 0.3) is 0 Å². The van der Waals surface area contributed by atoms with E-state index in [9.17, 15) is 0 Å². The molecule has 0 saturated carbocycles. The standard InChI is InChI=1S/C9H10N2S/c1-7(12)9-6-8-4-2-3-5-11(8)10-9/h2-7,12H,1H3. The van der Waals surface area contributed by atoms with Gasteiger partial charge in [-0.3, -0.25) is 0 Å². The van der Waals surface area contributed by atoms with Crippen molar-refractivity contribution in [2.75, 3.05) is 0 Å². The molecule has 0 aliphatic rings. The summed E-state index contributed by atoms with van der Waals surface area (Å²) in [6.45, 7) is 2.02. The van der Waals surface area contributed by atoms with Crippen molar-refractivity contribution < 1.29 is 0 Å². The third-order valence-electron chi connectivity index (χ3n) is 1.82. The van der Waals surface area contributed by atoms with E-state index in [-0.39, 0.29) is 5.25 Å². The highest BCUT2D eigenvalue weighted by Crippen LogP contribution is 2.18. The monoisotopic (exact) mass is 178 g/mol. The second kappa shape index (κ2) is 2.83. The van der Waals surface area contributed by atoms with E-state index in [4.69, 9.17) is 0 Å². The molecule has 1 unspecified atom stereocenters. The number of hydrogen-bond acceptors (Lipinski definition) is 2. The van der Waals surface area contributed by atoms with Crippen LogP contribution < -0.4 is 0 Å². The molecule has 0 saturated heterocycles. The number of rotatable bonds is 1. The van der Waals surface area contributed by atoms with Gasteiger partial charge in [0, 0.05) is 11.4 Å². The van der Waals surface area contributed by atoms with Gasteiger partial charge < -0.3 is 0 Å². The first-order valence-corrected chi connectivity index (χ1v) is 4.41. The van der Waals surface area contributed by atoms with Crippen molar-refractivity contribution in [1.82, 2.24) is 9.61 Å². The first kappa shape index (κ1) is 7.68. The quantitative estimate of drug-likeness (QED) is 0.663. The van der Waals surface area contributed by atoms with Crippen molar-refractivity contribution in [1.29, 1.82) is 0 Å². The van der Waals surface area contributed by atoms with Gasteiger partial charge in [0.1, 0.15) is 0 Å². The maximum atomic E-state index is 4.35. The normalized spacial score (nSPS) is 13.5. The van der Waals surface area contributed by atoms with E-state index < -0.39 is 0 Å². The molecule has 2 nitrogen and oxygen atoms in total. The van der Waals surface area contributed by atoms with E-state index in [1.165, 1.54) is 0 Å². The first-order chi connectivity index (χ1) is 5.77. The Morgan fingerprint density at radius 3 is 3.00 bits per heavy atom. The minimum atomic E-state index is 0.199. The summed E-state index contributed by atoms with van der Waals surface area (Å²) in [7, 11) is 0. The third-order valence-corrected chi connectivity index (χ3v) is 2.08. The minimum Gasteiger partial charge on any atom is -0.241 e. The lowest BCUT2D eigenvalue weighted by Crippen LogP contribution is -1.87. The Morgan fingerprint density at radius 2 is 2.33 bits per heavy atom. The number of pyridine rings is 1. The highest BCUT2D eigenvalue weighted by atomic mass is 32.1. The Morgan fingerprint density at radius 1 is 1.50 bits per heavy atom. The average Bonchev–Trinajstić information content (AvgIpc) is 2.46. The lowest BCUT2D eigenvalue weighted by atomic mass is 10.3. The number of hydrogen-bond donors (Lipinski definition) is 1. The molecule has 0 bridgehead atoms. The Balaban J connectivity index is 2.62. The number of fused-ring (bicyclic) bond motifs is 1. The van der Waals surface area contributed by atoms with E-state index >= 15 is 0 Å². The fraction of sp³-hybridized carbons (Fsp3) is 0.222. The van der Waals surface area contributed by atoms with Crippen LogP contribution in [0.1, 0.15) is 17.9 Å². The summed E-state index contributed by atoms with van der Waals surface area (Å²) in [6, 6.07) is 8.06. The molecule has 0 aliphatic carbocycles. The van der Waals surface area contributed by atoms with E-state index in [2.05, 4.69) is 23.8 Å². The first-order valence-electron chi connectivity index (χ1n) is 3.90. The van der Waals surface area contributed by atoms with Crippen LogP contribution in [0.15, 0.2) is 30.5 Å². The van der Waals surface area contributed by atoms with Gasteiger partial charge in [-0.2, -0.15) is 17.7 Å². The Kier molecular flexibility index (Phi) is 1.81. The maximum absolute atomic E-state index is 4.35. The van der Waals surface area contributed by atoms with Crippen molar-refractivity contribution in [2.24, 2.45) is 0 Å². The zero-order valence-electron chi connectivity index (χ0n) is 6.81. The van der Waals surface area contributed by atoms with Crippen LogP contribution in [0.5, 0.6) is 0 Å². The Hall–Kier alpha value is -0.960. The summed E-state index contributed by atoms with van der Waals surface area (Å²) in [5.41, 5.74) is 2.14. The molecule has 2 aromatic heterocycles. The second-order valence-corrected chi connectivity index (χ2v) is 3.59. The van der Waals surface area contributed by atoms with Crippen LogP contribution in [-0.2, 0) is 0 Å². The molecule has 2 aromatic rings. The molecular weight excluding hydrogens is 168 g/mol. The number of nitrogens with zero attached hydrogens (tertiary/aromatic N) is 2. The largest absolute Gasteiger partial charge is 0.241 e. The van der Waals surface area contributed by atoms with Crippen LogP contribution in [0.25, 0.3) is 5.52 Å². The molecule has 1 atom stereocenters. The van der Waals surface area contributed by atoms with E-state index in [0.717, 1.165) is 11.2 Å². The van der Waals surface area contributed by atoms with Crippen LogP contribution in [0.4, 0.5) is 0 Å². The number of aromatic nitrogens is 2. The topological polar surface area (TPSA) is 17.3 Å². The van der Waals surface area contributed by atoms with Crippen LogP contribution in [0.3, 0.4) is 0 Å². The van der Waals surface area contributed by atoms with Crippen LogP contribution in [-0.4, -0.2) is 9.61 Å². The fourth-order valence-electron chi connectivity index (χ4n) is 1.16. The summed E-state index contributed by atoms with van der Waals surface area (Å²) < 4.78 is 1.86. The smallest absolute Gasteiger partial charge is 0.0759 e. The summed E-state index contributed by atoms with van der Waals surface area (Å²) in [6.07, 6.45) is 1.94. The SMILES string of the molecule is CC(S)c1cc2ccccn2n1. The molecule has 0 N–H and O–H groups in total. The molecular formula is C9H10N2S. The molecule has 2 rings (SSSR count). The minimum absolute atomic E-state index is 0.199. The van der Waals surface area contributed by atoms with Gasteiger partial charge in [0.05, 0.1) is 11.2 Å². The maximum Gasteiger partial charge on any atom is 0.0759 e. The van der Waals surface area contributed by atoms with Crippen molar-refractivity contribution in [3.8, 4) is 0 Å². The predicted octanol–water partition coefficient (Wildman–Crippen LogP) is 2.33. The second-order valence-electron chi connectivity index (χ2n) is 2.82. The molecule has 0 fully saturated rings. The van der Waals surface area contributed by atoms with Gasteiger partial charge in [-0.05, 0) is 25.1 Å². The fourth-order valence-corrected chi connectivity index (χ4v) is 1.29. The average molecular weight is 178 g/mol. The van der Waals surface area contributed by atoms with Crippen molar-refractivity contribution in [3.63, 3.8) is 0 Å². The van der Waals surface area contributed by atoms with Gasteiger partial charge in [-0.15, -0.1) is 0 Å². The predicted molar refractivity (Wildman–Crippen MR) is 52.6 cm³/mol. The highest BCUT2D eigenvalue weighted by Gasteiger charge is 2.04. The van der Waals surface area contributed by atoms with Crippen molar-refractivity contribution in [3.05, 3.63) is 36.2 Å². The van der Waals surface area contributed by atoms with E-state index in [1.807, 2.05) is 35.8 Å². The summed E-state index contributed by atoms with van der Waals surface area (Å²) in [5.74, 6) is 0. The van der Waals surface area contributed by atoms with Gasteiger partial charge in [-0.1, -0.05) is 6.07 Å². The van der Waals surface area contributed by atoms with Gasteiger partial charge in [0.15, 0.2) is 0 Å². The molecule has 0 amide bonds. The number of thiol groups is 1. The van der Waals surface area contributed by atoms with Crippen LogP contribution in [0, 0.1) is 0 Å².